The second kappa shape index (κ2) is 5.76. The molecule has 0 aliphatic heterocycles. The Kier molecular flexibility index (Phi) is 4.55. The fraction of sp³-hybridized carbons (Fsp3) is 0.500. The normalized spacial score (nSPS) is 10.3. The number of nitrogens with one attached hydrogen (secondary N) is 1. The first-order valence-electron chi connectivity index (χ1n) is 5.10. The minimum atomic E-state index is 1.01. The van der Waals surface area contributed by atoms with Crippen molar-refractivity contribution >= 4 is 0 Å². The topological polar surface area (TPSA) is 12.0 Å². The third-order valence-electron chi connectivity index (χ3n) is 2.28. The maximum Gasteiger partial charge on any atom is 0.0208 e. The largest absolute Gasteiger partial charge is 0.313 e. The zero-order valence-corrected chi connectivity index (χ0v) is 8.64. The van der Waals surface area contributed by atoms with Crippen molar-refractivity contribution in [1.82, 2.24) is 5.32 Å². The van der Waals surface area contributed by atoms with E-state index in [0.717, 1.165) is 13.1 Å². The predicted molar refractivity (Wildman–Crippen MR) is 57.8 cm³/mol. The summed E-state index contributed by atoms with van der Waals surface area (Å²) in [5.41, 5.74) is 2.80. The number of hydrogen-bond acceptors (Lipinski definition) is 1. The van der Waals surface area contributed by atoms with Crippen molar-refractivity contribution in [3.63, 3.8) is 0 Å². The van der Waals surface area contributed by atoms with Gasteiger partial charge in [0.15, 0.2) is 0 Å². The molecule has 1 heteroatoms. The van der Waals surface area contributed by atoms with E-state index in [2.05, 4.69) is 43.4 Å². The van der Waals surface area contributed by atoms with Crippen LogP contribution >= 0.6 is 0 Å². The van der Waals surface area contributed by atoms with E-state index in [1.807, 2.05) is 0 Å². The van der Waals surface area contributed by atoms with Crippen molar-refractivity contribution in [2.24, 2.45) is 0 Å². The van der Waals surface area contributed by atoms with Crippen LogP contribution in [0, 0.1) is 6.92 Å². The molecule has 0 heterocycles. The van der Waals surface area contributed by atoms with Gasteiger partial charge >= 0.3 is 0 Å². The standard InChI is InChI=1S/C12H19N/c1-3-4-9-13-10-12-8-6-5-7-11(12)2/h5-8,13H,3-4,9-10H2,1-2H3. The molecule has 13 heavy (non-hydrogen) atoms. The number of benzene rings is 1. The Morgan fingerprint density at radius 1 is 1.23 bits per heavy atom. The fourth-order valence-corrected chi connectivity index (χ4v) is 1.33. The quantitative estimate of drug-likeness (QED) is 0.682. The Labute approximate surface area is 81.2 Å². The van der Waals surface area contributed by atoms with Gasteiger partial charge in [-0.15, -0.1) is 0 Å². The number of unbranched alkanes of at least 4 members (excludes halogenated alkanes) is 1. The van der Waals surface area contributed by atoms with Crippen LogP contribution in [0.25, 0.3) is 0 Å². The van der Waals surface area contributed by atoms with Gasteiger partial charge in [0.05, 0.1) is 0 Å². The highest BCUT2D eigenvalue weighted by molar-refractivity contribution is 5.25. The molecule has 0 radical (unpaired) electrons. The molecular weight excluding hydrogens is 158 g/mol. The minimum absolute atomic E-state index is 1.01. The molecule has 72 valence electrons. The molecule has 1 aromatic rings. The SMILES string of the molecule is CCCCNCc1ccccc1C. The maximum atomic E-state index is 3.44. The van der Waals surface area contributed by atoms with Crippen molar-refractivity contribution in [1.29, 1.82) is 0 Å². The van der Waals surface area contributed by atoms with Crippen LogP contribution in [0.3, 0.4) is 0 Å². The Balaban J connectivity index is 2.32. The summed E-state index contributed by atoms with van der Waals surface area (Å²) in [5, 5.41) is 3.44. The van der Waals surface area contributed by atoms with Gasteiger partial charge in [-0.05, 0) is 31.0 Å². The van der Waals surface area contributed by atoms with Gasteiger partial charge < -0.3 is 5.32 Å². The van der Waals surface area contributed by atoms with E-state index in [1.165, 1.54) is 24.0 Å². The van der Waals surface area contributed by atoms with E-state index >= 15 is 0 Å². The molecular formula is C12H19N. The van der Waals surface area contributed by atoms with E-state index in [0.29, 0.717) is 0 Å². The van der Waals surface area contributed by atoms with Gasteiger partial charge in [0.2, 0.25) is 0 Å². The molecule has 0 saturated carbocycles. The molecule has 1 rings (SSSR count). The van der Waals surface area contributed by atoms with Gasteiger partial charge in [-0.25, -0.2) is 0 Å². The van der Waals surface area contributed by atoms with Crippen LogP contribution in [0.4, 0.5) is 0 Å². The van der Waals surface area contributed by atoms with Crippen LogP contribution < -0.4 is 5.32 Å². The number of hydrogen-bond donors (Lipinski definition) is 1. The average molecular weight is 177 g/mol. The van der Waals surface area contributed by atoms with E-state index in [-0.39, 0.29) is 0 Å². The molecule has 0 aliphatic carbocycles. The minimum Gasteiger partial charge on any atom is -0.313 e. The second-order valence-corrected chi connectivity index (χ2v) is 3.46. The van der Waals surface area contributed by atoms with Crippen LogP contribution in [0.1, 0.15) is 30.9 Å². The zero-order valence-electron chi connectivity index (χ0n) is 8.64. The van der Waals surface area contributed by atoms with E-state index in [4.69, 9.17) is 0 Å². The molecule has 0 aromatic heterocycles. The smallest absolute Gasteiger partial charge is 0.0208 e. The van der Waals surface area contributed by atoms with E-state index in [9.17, 15) is 0 Å². The van der Waals surface area contributed by atoms with Crippen molar-refractivity contribution in [3.8, 4) is 0 Å². The third kappa shape index (κ3) is 3.60. The lowest BCUT2D eigenvalue weighted by Crippen LogP contribution is -2.14. The lowest BCUT2D eigenvalue weighted by molar-refractivity contribution is 0.640. The lowest BCUT2D eigenvalue weighted by atomic mass is 10.1. The number of aryl methyl sites for hydroxylation is 1. The lowest BCUT2D eigenvalue weighted by Gasteiger charge is -2.06. The highest BCUT2D eigenvalue weighted by Crippen LogP contribution is 2.05. The molecule has 0 aliphatic rings. The Morgan fingerprint density at radius 3 is 2.69 bits per heavy atom. The first kappa shape index (κ1) is 10.3. The van der Waals surface area contributed by atoms with Gasteiger partial charge in [-0.3, -0.25) is 0 Å². The first-order chi connectivity index (χ1) is 6.34. The summed E-state index contributed by atoms with van der Waals surface area (Å²) in [4.78, 5) is 0. The highest BCUT2D eigenvalue weighted by Gasteiger charge is 1.94. The molecule has 0 bridgehead atoms. The summed E-state index contributed by atoms with van der Waals surface area (Å²) in [6.45, 7) is 6.52. The van der Waals surface area contributed by atoms with Crippen molar-refractivity contribution in [2.45, 2.75) is 33.2 Å². The highest BCUT2D eigenvalue weighted by atomic mass is 14.8. The van der Waals surface area contributed by atoms with Crippen LogP contribution in [-0.2, 0) is 6.54 Å². The summed E-state index contributed by atoms with van der Waals surface area (Å²) >= 11 is 0. The predicted octanol–water partition coefficient (Wildman–Crippen LogP) is 2.88. The van der Waals surface area contributed by atoms with Crippen LogP contribution in [0.2, 0.25) is 0 Å². The molecule has 0 atom stereocenters. The summed E-state index contributed by atoms with van der Waals surface area (Å²) < 4.78 is 0. The van der Waals surface area contributed by atoms with E-state index in [1.54, 1.807) is 0 Å². The van der Waals surface area contributed by atoms with Crippen molar-refractivity contribution < 1.29 is 0 Å². The van der Waals surface area contributed by atoms with Crippen LogP contribution in [0.15, 0.2) is 24.3 Å². The monoisotopic (exact) mass is 177 g/mol. The Bertz CT molecular complexity index is 243. The molecule has 0 unspecified atom stereocenters. The zero-order chi connectivity index (χ0) is 9.52. The summed E-state index contributed by atoms with van der Waals surface area (Å²) in [6.07, 6.45) is 2.53. The molecule has 0 spiro atoms. The van der Waals surface area contributed by atoms with Crippen LogP contribution in [-0.4, -0.2) is 6.54 Å². The molecule has 1 aromatic carbocycles. The summed E-state index contributed by atoms with van der Waals surface area (Å²) in [7, 11) is 0. The van der Waals surface area contributed by atoms with Gasteiger partial charge in [0.25, 0.3) is 0 Å². The molecule has 0 amide bonds. The van der Waals surface area contributed by atoms with Gasteiger partial charge in [-0.2, -0.15) is 0 Å². The van der Waals surface area contributed by atoms with Crippen molar-refractivity contribution in [3.05, 3.63) is 35.4 Å². The van der Waals surface area contributed by atoms with Crippen LogP contribution in [0.5, 0.6) is 0 Å². The molecule has 1 nitrogen and oxygen atoms in total. The Morgan fingerprint density at radius 2 is 2.00 bits per heavy atom. The number of rotatable bonds is 5. The summed E-state index contributed by atoms with van der Waals surface area (Å²) in [6, 6.07) is 8.54. The average Bonchev–Trinajstić information content (AvgIpc) is 2.15. The molecule has 1 N–H and O–H groups in total. The van der Waals surface area contributed by atoms with Gasteiger partial charge in [0, 0.05) is 6.54 Å². The summed E-state index contributed by atoms with van der Waals surface area (Å²) in [5.74, 6) is 0. The fourth-order valence-electron chi connectivity index (χ4n) is 1.33. The van der Waals surface area contributed by atoms with Gasteiger partial charge in [-0.1, -0.05) is 37.6 Å². The Hall–Kier alpha value is -0.820. The third-order valence-corrected chi connectivity index (χ3v) is 2.28. The first-order valence-corrected chi connectivity index (χ1v) is 5.10. The van der Waals surface area contributed by atoms with Crippen molar-refractivity contribution in [2.75, 3.05) is 6.54 Å². The second-order valence-electron chi connectivity index (χ2n) is 3.46. The molecule has 0 fully saturated rings. The van der Waals surface area contributed by atoms with E-state index < -0.39 is 0 Å². The maximum absolute atomic E-state index is 3.44. The molecule has 0 saturated heterocycles. The van der Waals surface area contributed by atoms with Gasteiger partial charge in [0.1, 0.15) is 0 Å².